The highest BCUT2D eigenvalue weighted by atomic mass is 32.2. The topological polar surface area (TPSA) is 81.0 Å². The molecule has 0 amide bonds. The molecule has 0 spiro atoms. The molecule has 2 aromatic heterocycles. The summed E-state index contributed by atoms with van der Waals surface area (Å²) in [5.74, 6) is 0.715. The predicted molar refractivity (Wildman–Crippen MR) is 119 cm³/mol. The highest BCUT2D eigenvalue weighted by Gasteiger charge is 2.30. The van der Waals surface area contributed by atoms with E-state index >= 15 is 0 Å². The number of nitrogens with zero attached hydrogens (tertiary/aromatic N) is 5. The van der Waals surface area contributed by atoms with Gasteiger partial charge >= 0.3 is 0 Å². The third-order valence-corrected chi connectivity index (χ3v) is 7.69. The Balaban J connectivity index is 1.47. The van der Waals surface area contributed by atoms with Crippen LogP contribution in [-0.4, -0.2) is 46.3 Å². The molecule has 31 heavy (non-hydrogen) atoms. The van der Waals surface area contributed by atoms with E-state index in [0.29, 0.717) is 12.4 Å². The van der Waals surface area contributed by atoms with Crippen LogP contribution in [0.4, 0.5) is 0 Å². The fraction of sp³-hybridized carbons (Fsp3) is 0.227. The first-order chi connectivity index (χ1) is 15.0. The summed E-state index contributed by atoms with van der Waals surface area (Å²) in [6, 6.07) is 19.5. The number of rotatable bonds is 5. The summed E-state index contributed by atoms with van der Waals surface area (Å²) >= 11 is 1.82. The fourth-order valence-electron chi connectivity index (χ4n) is 4.09. The molecule has 1 aliphatic rings. The SMILES string of the molecule is CS(=O)(=O)c1ccc(-n2nnnc2CN2CCc3sccc3C2c2ccccc2)cc1. The van der Waals surface area contributed by atoms with E-state index in [1.807, 2.05) is 17.4 Å². The number of aromatic nitrogens is 4. The summed E-state index contributed by atoms with van der Waals surface area (Å²) in [6.07, 6.45) is 2.20. The molecule has 7 nitrogen and oxygen atoms in total. The zero-order valence-electron chi connectivity index (χ0n) is 16.9. The van der Waals surface area contributed by atoms with Crippen molar-refractivity contribution in [2.75, 3.05) is 12.8 Å². The van der Waals surface area contributed by atoms with Gasteiger partial charge in [-0.15, -0.1) is 16.4 Å². The van der Waals surface area contributed by atoms with Crippen LogP contribution in [0, 0.1) is 0 Å². The average molecular weight is 452 g/mol. The molecule has 0 radical (unpaired) electrons. The van der Waals surface area contributed by atoms with Gasteiger partial charge in [0, 0.05) is 17.7 Å². The molecule has 5 rings (SSSR count). The number of hydrogen-bond donors (Lipinski definition) is 0. The van der Waals surface area contributed by atoms with E-state index in [-0.39, 0.29) is 10.9 Å². The Kier molecular flexibility index (Phi) is 5.17. The highest BCUT2D eigenvalue weighted by Crippen LogP contribution is 2.38. The number of tetrazole rings is 1. The third kappa shape index (κ3) is 3.91. The monoisotopic (exact) mass is 451 g/mol. The molecular weight excluding hydrogens is 430 g/mol. The second-order valence-electron chi connectivity index (χ2n) is 7.61. The van der Waals surface area contributed by atoms with Gasteiger partial charge in [-0.25, -0.2) is 8.42 Å². The molecule has 1 aliphatic heterocycles. The Morgan fingerprint density at radius 2 is 1.84 bits per heavy atom. The van der Waals surface area contributed by atoms with Gasteiger partial charge in [0.2, 0.25) is 0 Å². The summed E-state index contributed by atoms with van der Waals surface area (Å²) in [5.41, 5.74) is 3.33. The molecule has 9 heteroatoms. The van der Waals surface area contributed by atoms with Crippen LogP contribution in [0.3, 0.4) is 0 Å². The van der Waals surface area contributed by atoms with Crippen LogP contribution in [0.1, 0.15) is 27.9 Å². The maximum absolute atomic E-state index is 11.8. The van der Waals surface area contributed by atoms with Crippen molar-refractivity contribution < 1.29 is 8.42 Å². The molecule has 0 bridgehead atoms. The second-order valence-corrected chi connectivity index (χ2v) is 10.6. The van der Waals surface area contributed by atoms with Gasteiger partial charge in [-0.05, 0) is 63.7 Å². The minimum absolute atomic E-state index is 0.147. The van der Waals surface area contributed by atoms with Gasteiger partial charge in [0.1, 0.15) is 0 Å². The quantitative estimate of drug-likeness (QED) is 0.463. The number of benzene rings is 2. The molecule has 1 unspecified atom stereocenters. The van der Waals surface area contributed by atoms with Crippen molar-refractivity contribution in [1.82, 2.24) is 25.1 Å². The predicted octanol–water partition coefficient (Wildman–Crippen LogP) is 3.28. The van der Waals surface area contributed by atoms with E-state index < -0.39 is 9.84 Å². The van der Waals surface area contributed by atoms with Crippen molar-refractivity contribution >= 4 is 21.2 Å². The fourth-order valence-corrected chi connectivity index (χ4v) is 5.62. The lowest BCUT2D eigenvalue weighted by atomic mass is 9.93. The normalized spacial score (nSPS) is 16.9. The summed E-state index contributed by atoms with van der Waals surface area (Å²) < 4.78 is 25.2. The highest BCUT2D eigenvalue weighted by molar-refractivity contribution is 7.90. The lowest BCUT2D eigenvalue weighted by Crippen LogP contribution is -2.35. The van der Waals surface area contributed by atoms with Crippen molar-refractivity contribution in [2.45, 2.75) is 23.9 Å². The largest absolute Gasteiger partial charge is 0.284 e. The van der Waals surface area contributed by atoms with Gasteiger partial charge in [0.05, 0.1) is 23.2 Å². The van der Waals surface area contributed by atoms with Crippen LogP contribution in [0.15, 0.2) is 70.9 Å². The summed E-state index contributed by atoms with van der Waals surface area (Å²) in [4.78, 5) is 4.11. The van der Waals surface area contributed by atoms with Crippen LogP contribution < -0.4 is 0 Å². The number of thiophene rings is 1. The van der Waals surface area contributed by atoms with Gasteiger partial charge in [-0.3, -0.25) is 4.90 Å². The van der Waals surface area contributed by atoms with Gasteiger partial charge in [-0.1, -0.05) is 30.3 Å². The van der Waals surface area contributed by atoms with E-state index in [2.05, 4.69) is 56.1 Å². The zero-order valence-corrected chi connectivity index (χ0v) is 18.6. The van der Waals surface area contributed by atoms with Gasteiger partial charge < -0.3 is 0 Å². The van der Waals surface area contributed by atoms with Gasteiger partial charge in [-0.2, -0.15) is 4.68 Å². The van der Waals surface area contributed by atoms with E-state index in [9.17, 15) is 8.42 Å². The van der Waals surface area contributed by atoms with Crippen LogP contribution in [0.5, 0.6) is 0 Å². The Labute approximate surface area is 184 Å². The minimum Gasteiger partial charge on any atom is -0.284 e. The second kappa shape index (κ2) is 7.99. The maximum Gasteiger partial charge on any atom is 0.175 e. The molecule has 3 heterocycles. The van der Waals surface area contributed by atoms with Crippen molar-refractivity contribution in [3.05, 3.63) is 87.9 Å². The molecule has 0 saturated heterocycles. The van der Waals surface area contributed by atoms with Gasteiger partial charge in [0.15, 0.2) is 15.7 Å². The van der Waals surface area contributed by atoms with Crippen LogP contribution in [-0.2, 0) is 22.8 Å². The molecule has 4 aromatic rings. The molecular formula is C22H21N5O2S2. The number of fused-ring (bicyclic) bond motifs is 1. The Bertz CT molecular complexity index is 1300. The summed E-state index contributed by atoms with van der Waals surface area (Å²) in [7, 11) is -3.25. The van der Waals surface area contributed by atoms with Gasteiger partial charge in [0.25, 0.3) is 0 Å². The standard InChI is InChI=1S/C22H21N5O2S2/c1-31(28,29)18-9-7-17(8-10-18)27-21(23-24-25-27)15-26-13-11-20-19(12-14-30-20)22(26)16-5-3-2-4-6-16/h2-10,12,14,22H,11,13,15H2,1H3. The van der Waals surface area contributed by atoms with Crippen molar-refractivity contribution in [3.8, 4) is 5.69 Å². The summed E-state index contributed by atoms with van der Waals surface area (Å²) in [6.45, 7) is 1.49. The van der Waals surface area contributed by atoms with E-state index in [1.165, 1.54) is 22.3 Å². The minimum atomic E-state index is -3.25. The first-order valence-electron chi connectivity index (χ1n) is 9.94. The lowest BCUT2D eigenvalue weighted by molar-refractivity contribution is 0.199. The van der Waals surface area contributed by atoms with Crippen molar-refractivity contribution in [1.29, 1.82) is 0 Å². The Hall–Kier alpha value is -2.88. The number of hydrogen-bond acceptors (Lipinski definition) is 7. The van der Waals surface area contributed by atoms with Crippen LogP contribution >= 0.6 is 11.3 Å². The van der Waals surface area contributed by atoms with Crippen LogP contribution in [0.2, 0.25) is 0 Å². The molecule has 0 fully saturated rings. The van der Waals surface area contributed by atoms with E-state index in [0.717, 1.165) is 18.7 Å². The zero-order chi connectivity index (χ0) is 21.4. The average Bonchev–Trinajstić information content (AvgIpc) is 3.43. The Morgan fingerprint density at radius 1 is 1.06 bits per heavy atom. The first-order valence-corrected chi connectivity index (χ1v) is 12.7. The molecule has 0 N–H and O–H groups in total. The first kappa shape index (κ1) is 20.0. The van der Waals surface area contributed by atoms with E-state index in [1.54, 1.807) is 28.9 Å². The Morgan fingerprint density at radius 3 is 2.58 bits per heavy atom. The number of sulfone groups is 1. The van der Waals surface area contributed by atoms with Crippen molar-refractivity contribution in [2.24, 2.45) is 0 Å². The molecule has 158 valence electrons. The van der Waals surface area contributed by atoms with Crippen LogP contribution in [0.25, 0.3) is 5.69 Å². The smallest absolute Gasteiger partial charge is 0.175 e. The third-order valence-electron chi connectivity index (χ3n) is 5.57. The molecule has 0 aliphatic carbocycles. The van der Waals surface area contributed by atoms with Crippen molar-refractivity contribution in [3.63, 3.8) is 0 Å². The maximum atomic E-state index is 11.8. The molecule has 2 aromatic carbocycles. The molecule has 1 atom stereocenters. The summed E-state index contributed by atoms with van der Waals surface area (Å²) in [5, 5.41) is 14.5. The molecule has 0 saturated carbocycles. The lowest BCUT2D eigenvalue weighted by Gasteiger charge is -2.35. The van der Waals surface area contributed by atoms with E-state index in [4.69, 9.17) is 0 Å².